The van der Waals surface area contributed by atoms with Crippen molar-refractivity contribution in [2.75, 3.05) is 18.0 Å². The Morgan fingerprint density at radius 2 is 1.92 bits per heavy atom. The summed E-state index contributed by atoms with van der Waals surface area (Å²) in [7, 11) is 0. The summed E-state index contributed by atoms with van der Waals surface area (Å²) in [4.78, 5) is 32.8. The maximum Gasteiger partial charge on any atom is 0.258 e. The van der Waals surface area contributed by atoms with Crippen molar-refractivity contribution in [2.45, 2.75) is 32.2 Å². The fourth-order valence-corrected chi connectivity index (χ4v) is 3.86. The van der Waals surface area contributed by atoms with Crippen LogP contribution >= 0.6 is 11.6 Å². The summed E-state index contributed by atoms with van der Waals surface area (Å²) in [5.74, 6) is 0.164. The van der Waals surface area contributed by atoms with Crippen LogP contribution in [0.3, 0.4) is 0 Å². The molecule has 0 bridgehead atoms. The van der Waals surface area contributed by atoms with Gasteiger partial charge in [0.1, 0.15) is 0 Å². The lowest BCUT2D eigenvalue weighted by molar-refractivity contribution is -0.133. The molecule has 0 atom stereocenters. The fraction of sp³-hybridized carbons (Fsp3) is 0.350. The molecular formula is C20H20ClN3O2. The van der Waals surface area contributed by atoms with Crippen molar-refractivity contribution in [1.29, 1.82) is 0 Å². The van der Waals surface area contributed by atoms with Crippen molar-refractivity contribution in [2.24, 2.45) is 0 Å². The van der Waals surface area contributed by atoms with Crippen molar-refractivity contribution < 1.29 is 9.59 Å². The van der Waals surface area contributed by atoms with Gasteiger partial charge in [-0.3, -0.25) is 14.6 Å². The molecule has 0 spiro atoms. The molecule has 4 rings (SSSR count). The van der Waals surface area contributed by atoms with Gasteiger partial charge >= 0.3 is 0 Å². The van der Waals surface area contributed by atoms with Gasteiger partial charge in [-0.1, -0.05) is 11.6 Å². The van der Waals surface area contributed by atoms with Gasteiger partial charge in [0.2, 0.25) is 5.91 Å². The third-order valence-electron chi connectivity index (χ3n) is 5.03. The highest BCUT2D eigenvalue weighted by Gasteiger charge is 2.26. The molecule has 0 radical (unpaired) electrons. The molecule has 2 amide bonds. The molecule has 134 valence electrons. The van der Waals surface area contributed by atoms with E-state index < -0.39 is 0 Å². The number of halogens is 1. The van der Waals surface area contributed by atoms with Crippen molar-refractivity contribution in [3.8, 4) is 0 Å². The minimum atomic E-state index is -0.0316. The Labute approximate surface area is 157 Å². The van der Waals surface area contributed by atoms with Crippen molar-refractivity contribution in [3.63, 3.8) is 0 Å². The molecule has 0 N–H and O–H groups in total. The Kier molecular flexibility index (Phi) is 4.64. The van der Waals surface area contributed by atoms with Crippen LogP contribution < -0.4 is 4.90 Å². The molecule has 2 aromatic rings. The van der Waals surface area contributed by atoms with Crippen LogP contribution in [0.15, 0.2) is 36.7 Å². The van der Waals surface area contributed by atoms with Gasteiger partial charge in [-0.15, -0.1) is 0 Å². The Morgan fingerprint density at radius 1 is 1.04 bits per heavy atom. The topological polar surface area (TPSA) is 53.5 Å². The molecule has 1 fully saturated rings. The average molecular weight is 370 g/mol. The minimum Gasteiger partial charge on any atom is -0.338 e. The molecule has 0 unspecified atom stereocenters. The standard InChI is InChI=1S/C20H20ClN3O2/c21-16-4-5-18-15(10-16)6-8-24(20(18)26)17-9-14(11-22-12-17)13-23-7-2-1-3-19(23)25/h4-5,9-12H,1-3,6-8,13H2. The maximum absolute atomic E-state index is 12.9. The van der Waals surface area contributed by atoms with Crippen molar-refractivity contribution in [1.82, 2.24) is 9.88 Å². The molecule has 5 nitrogen and oxygen atoms in total. The lowest BCUT2D eigenvalue weighted by Gasteiger charge is -2.30. The summed E-state index contributed by atoms with van der Waals surface area (Å²) in [6, 6.07) is 7.37. The van der Waals surface area contributed by atoms with Crippen LogP contribution in [0.2, 0.25) is 5.02 Å². The second kappa shape index (κ2) is 7.08. The number of amides is 2. The van der Waals surface area contributed by atoms with Crippen molar-refractivity contribution >= 4 is 29.1 Å². The maximum atomic E-state index is 12.9. The summed E-state index contributed by atoms with van der Waals surface area (Å²) in [5.41, 5.74) is 3.41. The molecule has 0 saturated carbocycles. The Hall–Kier alpha value is -2.40. The first-order valence-corrected chi connectivity index (χ1v) is 9.31. The van der Waals surface area contributed by atoms with E-state index in [0.717, 1.165) is 42.6 Å². The van der Waals surface area contributed by atoms with E-state index in [-0.39, 0.29) is 11.8 Å². The quantitative estimate of drug-likeness (QED) is 0.832. The number of benzene rings is 1. The summed E-state index contributed by atoms with van der Waals surface area (Å²) in [6.07, 6.45) is 6.88. The predicted octanol–water partition coefficient (Wildman–Crippen LogP) is 3.45. The van der Waals surface area contributed by atoms with Crippen LogP contribution in [-0.4, -0.2) is 34.8 Å². The smallest absolute Gasteiger partial charge is 0.258 e. The molecule has 2 aliphatic rings. The van der Waals surface area contributed by atoms with Gasteiger partial charge < -0.3 is 9.80 Å². The van der Waals surface area contributed by atoms with Crippen LogP contribution in [0.1, 0.15) is 40.7 Å². The normalized spacial score (nSPS) is 17.4. The number of hydrogen-bond acceptors (Lipinski definition) is 3. The highest BCUT2D eigenvalue weighted by Crippen LogP contribution is 2.27. The van der Waals surface area contributed by atoms with Gasteiger partial charge in [0, 0.05) is 42.8 Å². The van der Waals surface area contributed by atoms with E-state index in [4.69, 9.17) is 11.6 Å². The summed E-state index contributed by atoms with van der Waals surface area (Å²) in [5, 5.41) is 0.653. The first-order chi connectivity index (χ1) is 12.6. The minimum absolute atomic E-state index is 0.0316. The van der Waals surface area contributed by atoms with E-state index in [1.165, 1.54) is 0 Å². The van der Waals surface area contributed by atoms with Crippen LogP contribution in [0.4, 0.5) is 5.69 Å². The summed E-state index contributed by atoms with van der Waals surface area (Å²) in [6.45, 7) is 1.94. The van der Waals surface area contributed by atoms with E-state index in [0.29, 0.717) is 30.1 Å². The molecule has 6 heteroatoms. The van der Waals surface area contributed by atoms with Crippen LogP contribution in [0, 0.1) is 0 Å². The second-order valence-corrected chi connectivity index (χ2v) is 7.27. The molecule has 3 heterocycles. The summed E-state index contributed by atoms with van der Waals surface area (Å²) >= 11 is 6.04. The third kappa shape index (κ3) is 3.31. The average Bonchev–Trinajstić information content (AvgIpc) is 2.64. The van der Waals surface area contributed by atoms with Gasteiger partial charge in [-0.25, -0.2) is 0 Å². The first-order valence-electron chi connectivity index (χ1n) is 8.94. The largest absolute Gasteiger partial charge is 0.338 e. The molecular weight excluding hydrogens is 350 g/mol. The predicted molar refractivity (Wildman–Crippen MR) is 100 cm³/mol. The number of aromatic nitrogens is 1. The highest BCUT2D eigenvalue weighted by atomic mass is 35.5. The zero-order valence-corrected chi connectivity index (χ0v) is 15.2. The monoisotopic (exact) mass is 369 g/mol. The number of hydrogen-bond donors (Lipinski definition) is 0. The van der Waals surface area contributed by atoms with Gasteiger partial charge in [0.25, 0.3) is 5.91 Å². The molecule has 1 aromatic carbocycles. The number of carbonyl (C=O) groups is 2. The number of pyridine rings is 1. The molecule has 1 saturated heterocycles. The third-order valence-corrected chi connectivity index (χ3v) is 5.27. The fourth-order valence-electron chi connectivity index (χ4n) is 3.66. The van der Waals surface area contributed by atoms with E-state index in [9.17, 15) is 9.59 Å². The lowest BCUT2D eigenvalue weighted by Crippen LogP contribution is -2.38. The SMILES string of the molecule is O=C1CCCCN1Cc1cncc(N2CCc3cc(Cl)ccc3C2=O)c1. The van der Waals surface area contributed by atoms with Gasteiger partial charge in [0.15, 0.2) is 0 Å². The van der Waals surface area contributed by atoms with E-state index in [1.54, 1.807) is 29.4 Å². The van der Waals surface area contributed by atoms with Gasteiger partial charge in [0.05, 0.1) is 11.9 Å². The van der Waals surface area contributed by atoms with Gasteiger partial charge in [-0.2, -0.15) is 0 Å². The number of piperidine rings is 1. The molecule has 1 aromatic heterocycles. The number of nitrogens with zero attached hydrogens (tertiary/aromatic N) is 3. The van der Waals surface area contributed by atoms with E-state index in [1.807, 2.05) is 17.0 Å². The zero-order valence-electron chi connectivity index (χ0n) is 14.4. The van der Waals surface area contributed by atoms with Crippen molar-refractivity contribution in [3.05, 3.63) is 58.4 Å². The van der Waals surface area contributed by atoms with Crippen LogP contribution in [0.5, 0.6) is 0 Å². The number of likely N-dealkylation sites (tertiary alicyclic amines) is 1. The Bertz CT molecular complexity index is 868. The zero-order chi connectivity index (χ0) is 18.1. The second-order valence-electron chi connectivity index (χ2n) is 6.83. The molecule has 26 heavy (non-hydrogen) atoms. The van der Waals surface area contributed by atoms with Crippen LogP contribution in [-0.2, 0) is 17.8 Å². The molecule has 0 aliphatic carbocycles. The van der Waals surface area contributed by atoms with Crippen LogP contribution in [0.25, 0.3) is 0 Å². The van der Waals surface area contributed by atoms with Gasteiger partial charge in [-0.05, 0) is 54.7 Å². The summed E-state index contributed by atoms with van der Waals surface area (Å²) < 4.78 is 0. The number of carbonyl (C=O) groups excluding carboxylic acids is 2. The van der Waals surface area contributed by atoms with E-state index in [2.05, 4.69) is 4.98 Å². The number of anilines is 1. The number of fused-ring (bicyclic) bond motifs is 1. The Balaban J connectivity index is 1.56. The molecule has 2 aliphatic heterocycles. The highest BCUT2D eigenvalue weighted by molar-refractivity contribution is 6.30. The first kappa shape index (κ1) is 17.0. The Morgan fingerprint density at radius 3 is 2.77 bits per heavy atom. The lowest BCUT2D eigenvalue weighted by atomic mass is 9.98. The number of rotatable bonds is 3. The van der Waals surface area contributed by atoms with E-state index >= 15 is 0 Å².